The van der Waals surface area contributed by atoms with Crippen molar-refractivity contribution < 1.29 is 9.18 Å². The van der Waals surface area contributed by atoms with E-state index in [0.29, 0.717) is 16.5 Å². The van der Waals surface area contributed by atoms with Gasteiger partial charge in [-0.2, -0.15) is 0 Å². The molecule has 0 unspecified atom stereocenters. The van der Waals surface area contributed by atoms with Gasteiger partial charge in [0.15, 0.2) is 0 Å². The molecule has 4 heteroatoms. The molecule has 0 aliphatic heterocycles. The first-order valence-electron chi connectivity index (χ1n) is 7.52. The topological polar surface area (TPSA) is 42.0 Å². The van der Waals surface area contributed by atoms with Crippen LogP contribution in [0, 0.1) is 5.82 Å². The zero-order valence-electron chi connectivity index (χ0n) is 12.4. The van der Waals surface area contributed by atoms with Gasteiger partial charge < -0.3 is 5.32 Å². The third-order valence-corrected chi connectivity index (χ3v) is 4.19. The number of rotatable bonds is 3. The van der Waals surface area contributed by atoms with E-state index in [1.165, 1.54) is 12.1 Å². The summed E-state index contributed by atoms with van der Waals surface area (Å²) in [5.41, 5.74) is 3.30. The van der Waals surface area contributed by atoms with Crippen LogP contribution in [0.3, 0.4) is 0 Å². The number of aromatic nitrogens is 1. The van der Waals surface area contributed by atoms with Crippen molar-refractivity contribution >= 4 is 16.8 Å². The summed E-state index contributed by atoms with van der Waals surface area (Å²) in [6, 6.07) is 4.58. The maximum absolute atomic E-state index is 13.6. The Morgan fingerprint density at radius 2 is 2.24 bits per heavy atom. The van der Waals surface area contributed by atoms with Gasteiger partial charge >= 0.3 is 0 Å². The van der Waals surface area contributed by atoms with E-state index in [0.717, 1.165) is 36.9 Å². The number of hydrogen-bond acceptors (Lipinski definition) is 2. The number of benzene rings is 1. The molecule has 1 amide bonds. The molecule has 1 N–H and O–H groups in total. The Bertz CT molecular complexity index is 711. The van der Waals surface area contributed by atoms with Crippen LogP contribution in [0.25, 0.3) is 10.9 Å². The van der Waals surface area contributed by atoms with Crippen molar-refractivity contribution in [2.45, 2.75) is 45.6 Å². The van der Waals surface area contributed by atoms with E-state index in [2.05, 4.69) is 10.3 Å². The predicted octanol–water partition coefficient (Wildman–Crippen LogP) is 3.39. The van der Waals surface area contributed by atoms with Gasteiger partial charge in [0.25, 0.3) is 5.91 Å². The van der Waals surface area contributed by atoms with Crippen molar-refractivity contribution in [2.75, 3.05) is 0 Å². The van der Waals surface area contributed by atoms with Crippen LogP contribution in [0.4, 0.5) is 4.39 Å². The molecule has 0 fully saturated rings. The number of aryl methyl sites for hydroxylation is 1. The fraction of sp³-hybridized carbons (Fsp3) is 0.412. The molecule has 1 aromatic heterocycles. The molecule has 0 radical (unpaired) electrons. The summed E-state index contributed by atoms with van der Waals surface area (Å²) in [6.45, 7) is 4.00. The quantitative estimate of drug-likeness (QED) is 0.939. The minimum Gasteiger partial charge on any atom is -0.350 e. The Morgan fingerprint density at radius 3 is 3.00 bits per heavy atom. The maximum Gasteiger partial charge on any atom is 0.252 e. The molecular formula is C17H19FN2O. The van der Waals surface area contributed by atoms with Crippen LogP contribution in [-0.4, -0.2) is 16.9 Å². The smallest absolute Gasteiger partial charge is 0.252 e. The summed E-state index contributed by atoms with van der Waals surface area (Å²) in [6.07, 6.45) is 3.61. The third kappa shape index (κ3) is 2.50. The number of carbonyl (C=O) groups excluding carboxylic acids is 1. The molecular weight excluding hydrogens is 267 g/mol. The minimum absolute atomic E-state index is 0.103. The van der Waals surface area contributed by atoms with E-state index in [1.807, 2.05) is 13.8 Å². The molecule has 1 aliphatic carbocycles. The highest BCUT2D eigenvalue weighted by atomic mass is 19.1. The largest absolute Gasteiger partial charge is 0.350 e. The highest BCUT2D eigenvalue weighted by molar-refractivity contribution is 6.08. The molecule has 0 saturated heterocycles. The Kier molecular flexibility index (Phi) is 3.62. The number of halogens is 1. The lowest BCUT2D eigenvalue weighted by atomic mass is 10.00. The standard InChI is InChI=1S/C17H19FN2O/c1-3-10(2)19-17(21)16-12-5-4-6-14(12)20-15-8-7-11(18)9-13(15)16/h7-10H,3-6H2,1-2H3,(H,19,21)/t10-/m1/s1. The second-order valence-electron chi connectivity index (χ2n) is 5.71. The lowest BCUT2D eigenvalue weighted by molar-refractivity contribution is 0.0940. The molecule has 1 atom stereocenters. The molecule has 2 aromatic rings. The molecule has 0 spiro atoms. The number of pyridine rings is 1. The van der Waals surface area contributed by atoms with Crippen molar-refractivity contribution in [2.24, 2.45) is 0 Å². The Hall–Kier alpha value is -1.97. The van der Waals surface area contributed by atoms with Gasteiger partial charge in [-0.3, -0.25) is 9.78 Å². The van der Waals surface area contributed by atoms with E-state index >= 15 is 0 Å². The number of fused-ring (bicyclic) bond motifs is 2. The average molecular weight is 286 g/mol. The molecule has 0 bridgehead atoms. The van der Waals surface area contributed by atoms with Gasteiger partial charge in [-0.25, -0.2) is 4.39 Å². The summed E-state index contributed by atoms with van der Waals surface area (Å²) in [7, 11) is 0. The van der Waals surface area contributed by atoms with Crippen LogP contribution < -0.4 is 5.32 Å². The summed E-state index contributed by atoms with van der Waals surface area (Å²) in [5.74, 6) is -0.444. The Morgan fingerprint density at radius 1 is 1.43 bits per heavy atom. The van der Waals surface area contributed by atoms with E-state index < -0.39 is 0 Å². The van der Waals surface area contributed by atoms with E-state index in [-0.39, 0.29) is 17.8 Å². The lowest BCUT2D eigenvalue weighted by Crippen LogP contribution is -2.32. The molecule has 0 saturated carbocycles. The van der Waals surface area contributed by atoms with Crippen LogP contribution in [0.5, 0.6) is 0 Å². The van der Waals surface area contributed by atoms with Crippen molar-refractivity contribution in [3.8, 4) is 0 Å². The third-order valence-electron chi connectivity index (χ3n) is 4.19. The normalized spacial score (nSPS) is 15.0. The van der Waals surface area contributed by atoms with Gasteiger partial charge in [-0.15, -0.1) is 0 Å². The van der Waals surface area contributed by atoms with Crippen LogP contribution >= 0.6 is 0 Å². The molecule has 1 aromatic carbocycles. The highest BCUT2D eigenvalue weighted by Crippen LogP contribution is 2.30. The summed E-state index contributed by atoms with van der Waals surface area (Å²) in [4.78, 5) is 17.2. The van der Waals surface area contributed by atoms with Crippen LogP contribution in [0.2, 0.25) is 0 Å². The Balaban J connectivity index is 2.18. The maximum atomic E-state index is 13.6. The second-order valence-corrected chi connectivity index (χ2v) is 5.71. The van der Waals surface area contributed by atoms with Crippen molar-refractivity contribution in [1.29, 1.82) is 0 Å². The van der Waals surface area contributed by atoms with Gasteiger partial charge in [0, 0.05) is 17.1 Å². The molecule has 1 heterocycles. The van der Waals surface area contributed by atoms with Crippen LogP contribution in [0.15, 0.2) is 18.2 Å². The fourth-order valence-corrected chi connectivity index (χ4v) is 2.89. The first-order chi connectivity index (χ1) is 10.1. The number of nitrogens with one attached hydrogen (secondary N) is 1. The van der Waals surface area contributed by atoms with Gasteiger partial charge in [-0.05, 0) is 56.4 Å². The molecule has 21 heavy (non-hydrogen) atoms. The summed E-state index contributed by atoms with van der Waals surface area (Å²) in [5, 5.41) is 3.62. The first-order valence-corrected chi connectivity index (χ1v) is 7.52. The number of carbonyl (C=O) groups is 1. The lowest BCUT2D eigenvalue weighted by Gasteiger charge is -2.16. The predicted molar refractivity (Wildman–Crippen MR) is 80.9 cm³/mol. The zero-order chi connectivity index (χ0) is 15.0. The fourth-order valence-electron chi connectivity index (χ4n) is 2.89. The first kappa shape index (κ1) is 14.0. The number of amides is 1. The second kappa shape index (κ2) is 5.43. The van der Waals surface area contributed by atoms with E-state index in [9.17, 15) is 9.18 Å². The van der Waals surface area contributed by atoms with Crippen molar-refractivity contribution in [3.63, 3.8) is 0 Å². The van der Waals surface area contributed by atoms with Gasteiger partial charge in [0.1, 0.15) is 5.82 Å². The van der Waals surface area contributed by atoms with E-state index in [4.69, 9.17) is 0 Å². The van der Waals surface area contributed by atoms with Crippen LogP contribution in [0.1, 0.15) is 48.3 Å². The minimum atomic E-state index is -0.333. The van der Waals surface area contributed by atoms with Gasteiger partial charge in [0.2, 0.25) is 0 Å². The SMILES string of the molecule is CC[C@@H](C)NC(=O)c1c2c(nc3ccc(F)cc13)CCC2. The van der Waals surface area contributed by atoms with Crippen LogP contribution in [-0.2, 0) is 12.8 Å². The Labute approximate surface area is 123 Å². The summed E-state index contributed by atoms with van der Waals surface area (Å²) < 4.78 is 13.6. The molecule has 3 nitrogen and oxygen atoms in total. The molecule has 1 aliphatic rings. The number of hydrogen-bond donors (Lipinski definition) is 1. The average Bonchev–Trinajstić information content (AvgIpc) is 2.92. The van der Waals surface area contributed by atoms with Crippen molar-refractivity contribution in [1.82, 2.24) is 10.3 Å². The number of nitrogens with zero attached hydrogens (tertiary/aromatic N) is 1. The van der Waals surface area contributed by atoms with Gasteiger partial charge in [0.05, 0.1) is 11.1 Å². The highest BCUT2D eigenvalue weighted by Gasteiger charge is 2.24. The van der Waals surface area contributed by atoms with Gasteiger partial charge in [-0.1, -0.05) is 6.92 Å². The molecule has 110 valence electrons. The monoisotopic (exact) mass is 286 g/mol. The summed E-state index contributed by atoms with van der Waals surface area (Å²) >= 11 is 0. The molecule has 3 rings (SSSR count). The van der Waals surface area contributed by atoms with E-state index in [1.54, 1.807) is 6.07 Å². The zero-order valence-corrected chi connectivity index (χ0v) is 12.4. The van der Waals surface area contributed by atoms with Crippen molar-refractivity contribution in [3.05, 3.63) is 40.8 Å².